The van der Waals surface area contributed by atoms with Gasteiger partial charge in [-0.25, -0.2) is 8.78 Å². The van der Waals surface area contributed by atoms with Crippen molar-refractivity contribution in [2.45, 2.75) is 38.7 Å². The Morgan fingerprint density at radius 3 is 2.56 bits per heavy atom. The van der Waals surface area contributed by atoms with E-state index in [2.05, 4.69) is 0 Å². The number of hydrogen-bond donors (Lipinski definition) is 0. The van der Waals surface area contributed by atoms with Crippen LogP contribution < -0.4 is 0 Å². The summed E-state index contributed by atoms with van der Waals surface area (Å²) in [6.07, 6.45) is 2.00. The van der Waals surface area contributed by atoms with Crippen LogP contribution in [0.25, 0.3) is 0 Å². The quantitative estimate of drug-likeness (QED) is 0.711. The maximum Gasteiger partial charge on any atom is 0.162 e. The summed E-state index contributed by atoms with van der Waals surface area (Å²) < 4.78 is 32.6. The highest BCUT2D eigenvalue weighted by Crippen LogP contribution is 2.31. The molecule has 0 radical (unpaired) electrons. The summed E-state index contributed by atoms with van der Waals surface area (Å²) in [6.45, 7) is 4.06. The Hall–Kier alpha value is -0.960. The summed E-state index contributed by atoms with van der Waals surface area (Å²) in [7, 11) is 0. The smallest absolute Gasteiger partial charge is 0.162 e. The second kappa shape index (κ2) is 4.50. The molecule has 1 aromatic carbocycles. The highest BCUT2D eigenvalue weighted by Gasteiger charge is 2.24. The molecule has 0 aromatic heterocycles. The Morgan fingerprint density at radius 2 is 1.94 bits per heavy atom. The van der Waals surface area contributed by atoms with Crippen LogP contribution in [0.1, 0.15) is 36.8 Å². The lowest BCUT2D eigenvalue weighted by molar-refractivity contribution is 0.0147. The molecule has 3 heteroatoms. The van der Waals surface area contributed by atoms with E-state index in [0.29, 0.717) is 17.7 Å². The van der Waals surface area contributed by atoms with Crippen LogP contribution in [0.4, 0.5) is 8.78 Å². The normalized spacial score (nSPS) is 25.8. The first-order valence-electron chi connectivity index (χ1n) is 5.65. The Bertz CT molecular complexity index is 382. The first kappa shape index (κ1) is 11.5. The summed E-state index contributed by atoms with van der Waals surface area (Å²) in [5, 5.41) is 0. The van der Waals surface area contributed by atoms with Crippen molar-refractivity contribution in [1.82, 2.24) is 0 Å². The van der Waals surface area contributed by atoms with Crippen molar-refractivity contribution in [3.63, 3.8) is 0 Å². The highest BCUT2D eigenvalue weighted by atomic mass is 19.2. The minimum absolute atomic E-state index is 0.00806. The first-order chi connectivity index (χ1) is 7.59. The number of hydrogen-bond acceptors (Lipinski definition) is 1. The molecule has 2 atom stereocenters. The van der Waals surface area contributed by atoms with E-state index in [-0.39, 0.29) is 12.0 Å². The third-order valence-corrected chi connectivity index (χ3v) is 3.25. The molecular formula is C13H16F2O. The molecule has 1 aromatic rings. The van der Waals surface area contributed by atoms with Gasteiger partial charge in [-0.1, -0.05) is 12.1 Å². The maximum absolute atomic E-state index is 13.7. The zero-order valence-corrected chi connectivity index (χ0v) is 9.59. The summed E-state index contributed by atoms with van der Waals surface area (Å²) in [4.78, 5) is 0. The van der Waals surface area contributed by atoms with Crippen LogP contribution in [-0.2, 0) is 4.74 Å². The largest absolute Gasteiger partial charge is 0.378 e. The number of benzene rings is 1. The molecule has 0 spiro atoms. The highest BCUT2D eigenvalue weighted by molar-refractivity contribution is 5.28. The Kier molecular flexibility index (Phi) is 3.24. The van der Waals surface area contributed by atoms with Crippen LogP contribution in [0, 0.1) is 18.6 Å². The van der Waals surface area contributed by atoms with Gasteiger partial charge in [-0.05, 0) is 37.8 Å². The summed E-state index contributed by atoms with van der Waals surface area (Å²) >= 11 is 0. The van der Waals surface area contributed by atoms with E-state index >= 15 is 0 Å². The van der Waals surface area contributed by atoms with Gasteiger partial charge in [0.2, 0.25) is 0 Å². The van der Waals surface area contributed by atoms with Gasteiger partial charge >= 0.3 is 0 Å². The van der Waals surface area contributed by atoms with Crippen molar-refractivity contribution in [2.75, 3.05) is 6.61 Å². The second-order valence-electron chi connectivity index (χ2n) is 4.52. The fraction of sp³-hybridized carbons (Fsp3) is 0.538. The monoisotopic (exact) mass is 226 g/mol. The SMILES string of the molecule is Cc1ccc(C2CCC(C)OC2)c(F)c1F. The van der Waals surface area contributed by atoms with E-state index < -0.39 is 11.6 Å². The van der Waals surface area contributed by atoms with Crippen molar-refractivity contribution < 1.29 is 13.5 Å². The molecule has 0 saturated carbocycles. The number of rotatable bonds is 1. The van der Waals surface area contributed by atoms with Crippen molar-refractivity contribution in [3.8, 4) is 0 Å². The Balaban J connectivity index is 2.24. The van der Waals surface area contributed by atoms with E-state index in [9.17, 15) is 8.78 Å². The van der Waals surface area contributed by atoms with E-state index in [4.69, 9.17) is 4.74 Å². The lowest BCUT2D eigenvalue weighted by Gasteiger charge is -2.27. The molecule has 0 aliphatic carbocycles. The fourth-order valence-corrected chi connectivity index (χ4v) is 2.10. The van der Waals surface area contributed by atoms with Gasteiger partial charge in [0.05, 0.1) is 12.7 Å². The molecule has 88 valence electrons. The average Bonchev–Trinajstić information content (AvgIpc) is 2.28. The molecule has 1 aliphatic heterocycles. The number of ether oxygens (including phenoxy) is 1. The van der Waals surface area contributed by atoms with Crippen molar-refractivity contribution in [3.05, 3.63) is 34.9 Å². The average molecular weight is 226 g/mol. The van der Waals surface area contributed by atoms with Gasteiger partial charge in [-0.3, -0.25) is 0 Å². The van der Waals surface area contributed by atoms with Crippen LogP contribution in [0.3, 0.4) is 0 Å². The summed E-state index contributed by atoms with van der Waals surface area (Å²) in [5.74, 6) is -1.44. The van der Waals surface area contributed by atoms with E-state index in [1.807, 2.05) is 6.92 Å². The predicted octanol–water partition coefficient (Wildman–Crippen LogP) is 3.56. The van der Waals surface area contributed by atoms with Crippen LogP contribution in [-0.4, -0.2) is 12.7 Å². The van der Waals surface area contributed by atoms with E-state index in [0.717, 1.165) is 12.8 Å². The van der Waals surface area contributed by atoms with Crippen LogP contribution in [0.5, 0.6) is 0 Å². The Labute approximate surface area is 94.4 Å². The zero-order chi connectivity index (χ0) is 11.7. The maximum atomic E-state index is 13.7. The van der Waals surface area contributed by atoms with Crippen molar-refractivity contribution in [2.24, 2.45) is 0 Å². The summed E-state index contributed by atoms with van der Waals surface area (Å²) in [5.41, 5.74) is 0.807. The zero-order valence-electron chi connectivity index (χ0n) is 9.59. The molecular weight excluding hydrogens is 210 g/mol. The molecule has 1 aliphatic rings. The minimum atomic E-state index is -0.726. The van der Waals surface area contributed by atoms with Gasteiger partial charge < -0.3 is 4.74 Å². The van der Waals surface area contributed by atoms with Crippen molar-refractivity contribution in [1.29, 1.82) is 0 Å². The van der Waals surface area contributed by atoms with Gasteiger partial charge in [0.1, 0.15) is 0 Å². The van der Waals surface area contributed by atoms with Crippen LogP contribution >= 0.6 is 0 Å². The molecule has 1 nitrogen and oxygen atoms in total. The van der Waals surface area contributed by atoms with Gasteiger partial charge in [0.25, 0.3) is 0 Å². The second-order valence-corrected chi connectivity index (χ2v) is 4.52. The molecule has 2 rings (SSSR count). The molecule has 0 amide bonds. The van der Waals surface area contributed by atoms with Gasteiger partial charge in [0.15, 0.2) is 11.6 Å². The van der Waals surface area contributed by atoms with Crippen LogP contribution in [0.15, 0.2) is 12.1 Å². The lowest BCUT2D eigenvalue weighted by Crippen LogP contribution is -2.23. The number of aryl methyl sites for hydroxylation is 1. The van der Waals surface area contributed by atoms with Gasteiger partial charge in [0, 0.05) is 5.92 Å². The topological polar surface area (TPSA) is 9.23 Å². The standard InChI is InChI=1S/C13H16F2O/c1-8-3-6-11(13(15)12(8)14)10-5-4-9(2)16-7-10/h3,6,9-10H,4-5,7H2,1-2H3. The van der Waals surface area contributed by atoms with Crippen molar-refractivity contribution >= 4 is 0 Å². The third kappa shape index (κ3) is 2.09. The molecule has 2 unspecified atom stereocenters. The van der Waals surface area contributed by atoms with Crippen LogP contribution in [0.2, 0.25) is 0 Å². The van der Waals surface area contributed by atoms with E-state index in [1.54, 1.807) is 19.1 Å². The number of halogens is 2. The predicted molar refractivity (Wildman–Crippen MR) is 58.5 cm³/mol. The third-order valence-electron chi connectivity index (χ3n) is 3.25. The molecule has 1 fully saturated rings. The minimum Gasteiger partial charge on any atom is -0.378 e. The first-order valence-corrected chi connectivity index (χ1v) is 5.65. The molecule has 0 bridgehead atoms. The molecule has 0 N–H and O–H groups in total. The Morgan fingerprint density at radius 1 is 1.19 bits per heavy atom. The van der Waals surface area contributed by atoms with Gasteiger partial charge in [-0.2, -0.15) is 0 Å². The lowest BCUT2D eigenvalue weighted by atomic mass is 9.90. The van der Waals surface area contributed by atoms with Gasteiger partial charge in [-0.15, -0.1) is 0 Å². The fourth-order valence-electron chi connectivity index (χ4n) is 2.10. The molecule has 16 heavy (non-hydrogen) atoms. The summed E-state index contributed by atoms with van der Waals surface area (Å²) in [6, 6.07) is 3.31. The molecule has 1 heterocycles. The van der Waals surface area contributed by atoms with E-state index in [1.165, 1.54) is 0 Å². The molecule has 1 saturated heterocycles.